The predicted octanol–water partition coefficient (Wildman–Crippen LogP) is 1.43. The van der Waals surface area contributed by atoms with Gasteiger partial charge in [-0.2, -0.15) is 0 Å². The molecule has 0 aromatic heterocycles. The fourth-order valence-corrected chi connectivity index (χ4v) is 2.64. The topological polar surface area (TPSA) is 60.9 Å². The van der Waals surface area contributed by atoms with Gasteiger partial charge in [-0.15, -0.1) is 0 Å². The summed E-state index contributed by atoms with van der Waals surface area (Å²) in [5.41, 5.74) is 0. The highest BCUT2D eigenvalue weighted by atomic mass is 16.4. The van der Waals surface area contributed by atoms with Crippen molar-refractivity contribution in [2.45, 2.75) is 46.1 Å². The van der Waals surface area contributed by atoms with E-state index in [4.69, 9.17) is 5.11 Å². The quantitative estimate of drug-likeness (QED) is 0.793. The Morgan fingerprint density at radius 2 is 2.00 bits per heavy atom. The van der Waals surface area contributed by atoms with Crippen LogP contribution in [0.5, 0.6) is 0 Å². The second-order valence-corrected chi connectivity index (χ2v) is 5.89. The van der Waals surface area contributed by atoms with Crippen molar-refractivity contribution in [2.75, 3.05) is 26.2 Å². The molecular weight excluding hydrogens is 244 g/mol. The first-order chi connectivity index (χ1) is 8.90. The molecule has 5 nitrogen and oxygen atoms in total. The molecule has 5 heteroatoms. The van der Waals surface area contributed by atoms with E-state index in [0.29, 0.717) is 12.5 Å². The van der Waals surface area contributed by atoms with Crippen molar-refractivity contribution in [2.24, 2.45) is 5.92 Å². The molecule has 1 fully saturated rings. The Morgan fingerprint density at radius 1 is 1.32 bits per heavy atom. The smallest absolute Gasteiger partial charge is 0.317 e. The molecule has 0 radical (unpaired) electrons. The minimum Gasteiger partial charge on any atom is -0.480 e. The summed E-state index contributed by atoms with van der Waals surface area (Å²) >= 11 is 0. The fourth-order valence-electron chi connectivity index (χ4n) is 2.64. The van der Waals surface area contributed by atoms with Crippen molar-refractivity contribution in [3.05, 3.63) is 0 Å². The van der Waals surface area contributed by atoms with Gasteiger partial charge in [0.05, 0.1) is 13.1 Å². The Kier molecular flexibility index (Phi) is 6.28. The van der Waals surface area contributed by atoms with Crippen LogP contribution in [0, 0.1) is 5.92 Å². The van der Waals surface area contributed by atoms with E-state index in [1.165, 1.54) is 6.42 Å². The molecule has 1 aliphatic rings. The Bertz CT molecular complexity index is 318. The molecule has 0 bridgehead atoms. The first kappa shape index (κ1) is 16.0. The van der Waals surface area contributed by atoms with Crippen LogP contribution in [0.1, 0.15) is 40.0 Å². The summed E-state index contributed by atoms with van der Waals surface area (Å²) in [6.07, 6.45) is 3.28. The second-order valence-electron chi connectivity index (χ2n) is 5.89. The summed E-state index contributed by atoms with van der Waals surface area (Å²) in [5, 5.41) is 8.91. The van der Waals surface area contributed by atoms with Crippen molar-refractivity contribution >= 4 is 11.9 Å². The summed E-state index contributed by atoms with van der Waals surface area (Å²) < 4.78 is 0. The minimum absolute atomic E-state index is 0.0634. The molecule has 0 aromatic rings. The van der Waals surface area contributed by atoms with Gasteiger partial charge in [-0.3, -0.25) is 14.5 Å². The third-order valence-corrected chi connectivity index (χ3v) is 3.46. The molecule has 1 heterocycles. The molecule has 0 spiro atoms. The number of hydrogen-bond donors (Lipinski definition) is 1. The van der Waals surface area contributed by atoms with Crippen LogP contribution < -0.4 is 0 Å². The predicted molar refractivity (Wildman–Crippen MR) is 73.9 cm³/mol. The van der Waals surface area contributed by atoms with Gasteiger partial charge in [0.2, 0.25) is 5.91 Å². The molecule has 1 atom stereocenters. The van der Waals surface area contributed by atoms with E-state index in [-0.39, 0.29) is 25.0 Å². The van der Waals surface area contributed by atoms with Crippen LogP contribution in [0.3, 0.4) is 0 Å². The largest absolute Gasteiger partial charge is 0.480 e. The zero-order chi connectivity index (χ0) is 14.4. The molecule has 0 saturated carbocycles. The Labute approximate surface area is 115 Å². The summed E-state index contributed by atoms with van der Waals surface area (Å²) in [5.74, 6) is -0.458. The van der Waals surface area contributed by atoms with Gasteiger partial charge in [-0.1, -0.05) is 13.8 Å². The molecular formula is C14H26N2O3. The molecule has 0 aliphatic carbocycles. The van der Waals surface area contributed by atoms with Crippen LogP contribution in [0.15, 0.2) is 0 Å². The Hall–Kier alpha value is -1.10. The molecule has 1 amide bonds. The van der Waals surface area contributed by atoms with E-state index in [1.54, 1.807) is 4.90 Å². The maximum Gasteiger partial charge on any atom is 0.317 e. The Morgan fingerprint density at radius 3 is 2.53 bits per heavy atom. The number of hydrogen-bond acceptors (Lipinski definition) is 3. The second kappa shape index (κ2) is 7.48. The highest BCUT2D eigenvalue weighted by Gasteiger charge is 2.25. The van der Waals surface area contributed by atoms with Crippen molar-refractivity contribution in [3.8, 4) is 0 Å². The van der Waals surface area contributed by atoms with Gasteiger partial charge < -0.3 is 10.0 Å². The number of carboxylic acid groups (broad SMARTS) is 1. The zero-order valence-electron chi connectivity index (χ0n) is 12.3. The number of rotatable bonds is 6. The first-order valence-corrected chi connectivity index (χ1v) is 7.13. The van der Waals surface area contributed by atoms with Gasteiger partial charge >= 0.3 is 5.97 Å². The lowest BCUT2D eigenvalue weighted by molar-refractivity contribution is -0.140. The summed E-state index contributed by atoms with van der Waals surface area (Å²) in [7, 11) is 0. The molecule has 1 unspecified atom stereocenters. The van der Waals surface area contributed by atoms with E-state index in [1.807, 2.05) is 18.7 Å². The summed E-state index contributed by atoms with van der Waals surface area (Å²) in [6.45, 7) is 7.73. The standard InChI is InChI=1S/C14H26N2O3/c1-11(2)8-15(10-14(18)19)9-13(17)16-7-5-4-6-12(16)3/h11-12H,4-10H2,1-3H3,(H,18,19). The number of amides is 1. The van der Waals surface area contributed by atoms with Gasteiger partial charge in [-0.25, -0.2) is 0 Å². The van der Waals surface area contributed by atoms with Crippen LogP contribution in [0.4, 0.5) is 0 Å². The zero-order valence-corrected chi connectivity index (χ0v) is 12.3. The van der Waals surface area contributed by atoms with E-state index in [0.717, 1.165) is 19.4 Å². The number of carbonyl (C=O) groups excluding carboxylic acids is 1. The lowest BCUT2D eigenvalue weighted by Gasteiger charge is -2.35. The lowest BCUT2D eigenvalue weighted by Crippen LogP contribution is -2.48. The van der Waals surface area contributed by atoms with E-state index >= 15 is 0 Å². The average Bonchev–Trinajstić information content (AvgIpc) is 2.27. The molecule has 110 valence electrons. The van der Waals surface area contributed by atoms with Crippen molar-refractivity contribution < 1.29 is 14.7 Å². The summed E-state index contributed by atoms with van der Waals surface area (Å²) in [4.78, 5) is 26.8. The van der Waals surface area contributed by atoms with Gasteiger partial charge in [-0.05, 0) is 32.1 Å². The van der Waals surface area contributed by atoms with Crippen molar-refractivity contribution in [1.29, 1.82) is 0 Å². The minimum atomic E-state index is -0.875. The fraction of sp³-hybridized carbons (Fsp3) is 0.857. The first-order valence-electron chi connectivity index (χ1n) is 7.13. The number of piperidine rings is 1. The number of carbonyl (C=O) groups is 2. The van der Waals surface area contributed by atoms with Crippen LogP contribution in [0.25, 0.3) is 0 Å². The maximum atomic E-state index is 12.3. The van der Waals surface area contributed by atoms with Crippen molar-refractivity contribution in [1.82, 2.24) is 9.80 Å². The van der Waals surface area contributed by atoms with E-state index < -0.39 is 5.97 Å². The highest BCUT2D eigenvalue weighted by molar-refractivity contribution is 5.79. The molecule has 1 N–H and O–H groups in total. The average molecular weight is 270 g/mol. The monoisotopic (exact) mass is 270 g/mol. The molecule has 1 saturated heterocycles. The number of aliphatic carboxylic acids is 1. The number of likely N-dealkylation sites (tertiary alicyclic amines) is 1. The Balaban J connectivity index is 2.56. The molecule has 0 aromatic carbocycles. The highest BCUT2D eigenvalue weighted by Crippen LogP contribution is 2.16. The summed E-state index contributed by atoms with van der Waals surface area (Å²) in [6, 6.07) is 0.284. The molecule has 19 heavy (non-hydrogen) atoms. The van der Waals surface area contributed by atoms with E-state index in [9.17, 15) is 9.59 Å². The maximum absolute atomic E-state index is 12.3. The lowest BCUT2D eigenvalue weighted by atomic mass is 10.0. The third kappa shape index (κ3) is 5.59. The van der Waals surface area contributed by atoms with Gasteiger partial charge in [0, 0.05) is 19.1 Å². The van der Waals surface area contributed by atoms with Gasteiger partial charge in [0.1, 0.15) is 0 Å². The van der Waals surface area contributed by atoms with Crippen LogP contribution in [-0.4, -0.2) is 59.0 Å². The molecule has 1 aliphatic heterocycles. The number of nitrogens with zero attached hydrogens (tertiary/aromatic N) is 2. The van der Waals surface area contributed by atoms with Gasteiger partial charge in [0.15, 0.2) is 0 Å². The van der Waals surface area contributed by atoms with Crippen LogP contribution in [-0.2, 0) is 9.59 Å². The van der Waals surface area contributed by atoms with Gasteiger partial charge in [0.25, 0.3) is 0 Å². The van der Waals surface area contributed by atoms with Crippen LogP contribution >= 0.6 is 0 Å². The van der Waals surface area contributed by atoms with Crippen molar-refractivity contribution in [3.63, 3.8) is 0 Å². The number of carboxylic acids is 1. The third-order valence-electron chi connectivity index (χ3n) is 3.46. The van der Waals surface area contributed by atoms with Crippen LogP contribution in [0.2, 0.25) is 0 Å². The molecule has 1 rings (SSSR count). The SMILES string of the molecule is CC(C)CN(CC(=O)O)CC(=O)N1CCCCC1C. The normalized spacial score (nSPS) is 20.1. The van der Waals surface area contributed by atoms with E-state index in [2.05, 4.69) is 6.92 Å².